The fourth-order valence-electron chi connectivity index (χ4n) is 1.67. The molecule has 4 heteroatoms. The third kappa shape index (κ3) is 5.19. The summed E-state index contributed by atoms with van der Waals surface area (Å²) in [5, 5.41) is 19.9. The number of thioether (sulfide) groups is 1. The van der Waals surface area contributed by atoms with E-state index in [0.717, 1.165) is 22.9 Å². The average Bonchev–Trinajstić information content (AvgIpc) is 2.37. The van der Waals surface area contributed by atoms with Crippen molar-refractivity contribution in [1.82, 2.24) is 0 Å². The number of benzene rings is 1. The van der Waals surface area contributed by atoms with Gasteiger partial charge in [-0.05, 0) is 24.5 Å². The van der Waals surface area contributed by atoms with Gasteiger partial charge in [-0.1, -0.05) is 48.2 Å². The van der Waals surface area contributed by atoms with Crippen LogP contribution in [0.15, 0.2) is 30.8 Å². The van der Waals surface area contributed by atoms with Crippen molar-refractivity contribution in [3.8, 4) is 0 Å². The summed E-state index contributed by atoms with van der Waals surface area (Å²) in [6, 6.07) is 7.32. The van der Waals surface area contributed by atoms with E-state index in [4.69, 9.17) is 0 Å². The molecule has 0 saturated heterocycles. The summed E-state index contributed by atoms with van der Waals surface area (Å²) in [6.07, 6.45) is -1.40. The summed E-state index contributed by atoms with van der Waals surface area (Å²) in [7, 11) is 0. The van der Waals surface area contributed by atoms with Gasteiger partial charge in [0, 0.05) is 12.7 Å². The molecule has 19 heavy (non-hydrogen) atoms. The van der Waals surface area contributed by atoms with Gasteiger partial charge in [0.2, 0.25) is 0 Å². The van der Waals surface area contributed by atoms with E-state index in [0.29, 0.717) is 17.7 Å². The maximum atomic E-state index is 10.8. The lowest BCUT2D eigenvalue weighted by atomic mass is 10.00. The lowest BCUT2D eigenvalue weighted by molar-refractivity contribution is -0.109. The van der Waals surface area contributed by atoms with Crippen molar-refractivity contribution >= 4 is 22.5 Å². The summed E-state index contributed by atoms with van der Waals surface area (Å²) in [5.41, 5.74) is 2.64. The van der Waals surface area contributed by atoms with Gasteiger partial charge < -0.3 is 10.2 Å². The van der Waals surface area contributed by atoms with Crippen LogP contribution in [0.3, 0.4) is 0 Å². The number of aliphatic hydroxyl groups excluding tert-OH is 2. The van der Waals surface area contributed by atoms with E-state index >= 15 is 0 Å². The third-order valence-electron chi connectivity index (χ3n) is 2.83. The predicted molar refractivity (Wildman–Crippen MR) is 79.9 cm³/mol. The molecule has 0 bridgehead atoms. The van der Waals surface area contributed by atoms with Crippen molar-refractivity contribution in [2.45, 2.75) is 32.5 Å². The van der Waals surface area contributed by atoms with Crippen molar-refractivity contribution in [3.05, 3.63) is 42.0 Å². The first-order valence-corrected chi connectivity index (χ1v) is 7.15. The van der Waals surface area contributed by atoms with Gasteiger partial charge in [-0.15, -0.1) is 0 Å². The van der Waals surface area contributed by atoms with Crippen LogP contribution in [-0.2, 0) is 4.79 Å². The smallest absolute Gasteiger partial charge is 0.185 e. The summed E-state index contributed by atoms with van der Waals surface area (Å²) in [5.74, 6) is 0.511. The Labute approximate surface area is 118 Å². The quantitative estimate of drug-likeness (QED) is 0.841. The molecule has 104 valence electrons. The zero-order chi connectivity index (χ0) is 14.4. The maximum absolute atomic E-state index is 10.8. The largest absolute Gasteiger partial charge is 0.390 e. The number of hydrogen-bond acceptors (Lipinski definition) is 4. The second-order valence-electron chi connectivity index (χ2n) is 4.54. The Bertz CT molecular complexity index is 439. The highest BCUT2D eigenvalue weighted by Gasteiger charge is 2.18. The van der Waals surface area contributed by atoms with Gasteiger partial charge in [0.25, 0.3) is 0 Å². The van der Waals surface area contributed by atoms with Crippen molar-refractivity contribution < 1.29 is 15.0 Å². The van der Waals surface area contributed by atoms with Crippen LogP contribution >= 0.6 is 11.8 Å². The molecule has 0 heterocycles. The fourth-order valence-corrected chi connectivity index (χ4v) is 2.32. The summed E-state index contributed by atoms with van der Waals surface area (Å²) in [4.78, 5) is 10.8. The van der Waals surface area contributed by atoms with E-state index in [1.807, 2.05) is 19.1 Å². The third-order valence-corrected chi connectivity index (χ3v) is 3.67. The lowest BCUT2D eigenvalue weighted by Gasteiger charge is -2.18. The minimum absolute atomic E-state index is 0.0208. The Kier molecular flexibility index (Phi) is 6.28. The summed E-state index contributed by atoms with van der Waals surface area (Å²) >= 11 is 1.16. The minimum Gasteiger partial charge on any atom is -0.390 e. The van der Waals surface area contributed by atoms with E-state index in [-0.39, 0.29) is 5.12 Å². The molecule has 0 radical (unpaired) electrons. The normalized spacial score (nSPS) is 13.9. The number of allylic oxidation sites excluding steroid dienone is 1. The van der Waals surface area contributed by atoms with E-state index < -0.39 is 12.2 Å². The van der Waals surface area contributed by atoms with Gasteiger partial charge in [0.15, 0.2) is 5.12 Å². The van der Waals surface area contributed by atoms with Gasteiger partial charge in [-0.25, -0.2) is 0 Å². The van der Waals surface area contributed by atoms with Crippen LogP contribution in [0.2, 0.25) is 0 Å². The zero-order valence-electron chi connectivity index (χ0n) is 11.3. The topological polar surface area (TPSA) is 57.5 Å². The monoisotopic (exact) mass is 280 g/mol. The van der Waals surface area contributed by atoms with Crippen LogP contribution in [0.5, 0.6) is 0 Å². The molecule has 0 aromatic heterocycles. The second kappa shape index (κ2) is 7.48. The van der Waals surface area contributed by atoms with Gasteiger partial charge in [0.1, 0.15) is 6.10 Å². The Hall–Kier alpha value is -1.10. The first-order valence-electron chi connectivity index (χ1n) is 6.17. The molecule has 0 amide bonds. The Morgan fingerprint density at radius 3 is 2.32 bits per heavy atom. The number of aliphatic hydroxyl groups is 2. The molecule has 1 aromatic carbocycles. The molecule has 0 aliphatic rings. The molecule has 1 rings (SSSR count). The van der Waals surface area contributed by atoms with E-state index in [1.54, 1.807) is 12.1 Å². The summed E-state index contributed by atoms with van der Waals surface area (Å²) in [6.45, 7) is 7.25. The fraction of sp³-hybridized carbons (Fsp3) is 0.400. The van der Waals surface area contributed by atoms with Crippen LogP contribution < -0.4 is 0 Å². The molecule has 0 aliphatic carbocycles. The molecule has 0 aliphatic heterocycles. The second-order valence-corrected chi connectivity index (χ2v) is 5.82. The van der Waals surface area contributed by atoms with Gasteiger partial charge in [-0.3, -0.25) is 4.79 Å². The van der Waals surface area contributed by atoms with Crippen molar-refractivity contribution in [3.63, 3.8) is 0 Å². The Balaban J connectivity index is 2.58. The Morgan fingerprint density at radius 2 is 1.84 bits per heavy atom. The van der Waals surface area contributed by atoms with Gasteiger partial charge >= 0.3 is 0 Å². The molecule has 2 unspecified atom stereocenters. The van der Waals surface area contributed by atoms with Crippen LogP contribution in [-0.4, -0.2) is 27.2 Å². The Morgan fingerprint density at radius 1 is 1.26 bits per heavy atom. The first kappa shape index (κ1) is 16.0. The van der Waals surface area contributed by atoms with E-state index in [2.05, 4.69) is 6.58 Å². The van der Waals surface area contributed by atoms with E-state index in [9.17, 15) is 15.0 Å². The van der Waals surface area contributed by atoms with Crippen LogP contribution in [0.1, 0.15) is 37.5 Å². The molecule has 2 N–H and O–H groups in total. The minimum atomic E-state index is -0.924. The predicted octanol–water partition coefficient (Wildman–Crippen LogP) is 2.78. The number of carbonyl (C=O) groups excluding carboxylic acids is 1. The zero-order valence-corrected chi connectivity index (χ0v) is 12.1. The number of hydrogen-bond donors (Lipinski definition) is 2. The lowest BCUT2D eigenvalue weighted by Crippen LogP contribution is -2.19. The standard InChI is InChI=1S/C15H20O3S/c1-10(2)12-4-6-13(7-5-12)15(18)14(17)8-9-19-11(3)16/h4-7,14-15,17-18H,1,8-9H2,2-3H3. The highest BCUT2D eigenvalue weighted by molar-refractivity contribution is 8.13. The highest BCUT2D eigenvalue weighted by Crippen LogP contribution is 2.22. The van der Waals surface area contributed by atoms with Crippen LogP contribution in [0.4, 0.5) is 0 Å². The van der Waals surface area contributed by atoms with Crippen LogP contribution in [0, 0.1) is 0 Å². The van der Waals surface area contributed by atoms with Gasteiger partial charge in [0.05, 0.1) is 6.10 Å². The molecule has 3 nitrogen and oxygen atoms in total. The summed E-state index contributed by atoms with van der Waals surface area (Å²) < 4.78 is 0. The van der Waals surface area contributed by atoms with Crippen molar-refractivity contribution in [2.24, 2.45) is 0 Å². The number of rotatable bonds is 6. The molecular formula is C15H20O3S. The van der Waals surface area contributed by atoms with E-state index in [1.165, 1.54) is 6.92 Å². The highest BCUT2D eigenvalue weighted by atomic mass is 32.2. The molecule has 0 saturated carbocycles. The maximum Gasteiger partial charge on any atom is 0.185 e. The number of carbonyl (C=O) groups is 1. The SMILES string of the molecule is C=C(C)c1ccc(C(O)C(O)CCSC(C)=O)cc1. The van der Waals surface area contributed by atoms with Gasteiger partial charge in [-0.2, -0.15) is 0 Å². The average molecular weight is 280 g/mol. The van der Waals surface area contributed by atoms with Crippen LogP contribution in [0.25, 0.3) is 5.57 Å². The molecule has 0 spiro atoms. The first-order chi connectivity index (χ1) is 8.91. The van der Waals surface area contributed by atoms with Crippen molar-refractivity contribution in [1.29, 1.82) is 0 Å². The molecule has 2 atom stereocenters. The molecule has 0 fully saturated rings. The molecular weight excluding hydrogens is 260 g/mol. The molecule has 1 aromatic rings. The van der Waals surface area contributed by atoms with Crippen molar-refractivity contribution in [2.75, 3.05) is 5.75 Å².